The first-order valence-corrected chi connectivity index (χ1v) is 6.67. The first-order chi connectivity index (χ1) is 8.45. The second kappa shape index (κ2) is 9.86. The van der Waals surface area contributed by atoms with Crippen molar-refractivity contribution >= 4 is 11.8 Å². The molecule has 0 radical (unpaired) electrons. The van der Waals surface area contributed by atoms with Gasteiger partial charge in [-0.25, -0.2) is 0 Å². The number of hydrogen-bond donors (Lipinski definition) is 0. The standard InChI is InChI=1S/C15H26O3/c1-12(2)7-5-8-13(3)9-6-10-14(16)11-15(17)18-4/h7,13H,5-6,8-11H2,1-4H3. The summed E-state index contributed by atoms with van der Waals surface area (Å²) in [4.78, 5) is 22.3. The van der Waals surface area contributed by atoms with Gasteiger partial charge in [0.2, 0.25) is 0 Å². The molecule has 0 heterocycles. The molecule has 3 heteroatoms. The lowest BCUT2D eigenvalue weighted by atomic mass is 9.97. The zero-order chi connectivity index (χ0) is 14.0. The number of methoxy groups -OCH3 is 1. The van der Waals surface area contributed by atoms with E-state index in [0.29, 0.717) is 12.3 Å². The van der Waals surface area contributed by atoms with Crippen LogP contribution in [0.5, 0.6) is 0 Å². The Bertz CT molecular complexity index is 288. The molecule has 0 bridgehead atoms. The van der Waals surface area contributed by atoms with E-state index in [9.17, 15) is 9.59 Å². The maximum Gasteiger partial charge on any atom is 0.313 e. The molecule has 18 heavy (non-hydrogen) atoms. The van der Waals surface area contributed by atoms with Crippen molar-refractivity contribution in [2.75, 3.05) is 7.11 Å². The molecule has 0 saturated heterocycles. The molecule has 0 aromatic heterocycles. The largest absolute Gasteiger partial charge is 0.469 e. The molecule has 0 amide bonds. The van der Waals surface area contributed by atoms with Gasteiger partial charge in [-0.05, 0) is 39.0 Å². The van der Waals surface area contributed by atoms with Gasteiger partial charge in [-0.15, -0.1) is 0 Å². The molecule has 0 fully saturated rings. The molecule has 0 saturated carbocycles. The summed E-state index contributed by atoms with van der Waals surface area (Å²) in [5.41, 5.74) is 1.36. The number of carbonyl (C=O) groups is 2. The summed E-state index contributed by atoms with van der Waals surface area (Å²) in [5.74, 6) is 0.182. The van der Waals surface area contributed by atoms with Crippen LogP contribution in [0.1, 0.15) is 59.3 Å². The fourth-order valence-corrected chi connectivity index (χ4v) is 1.77. The van der Waals surface area contributed by atoms with Crippen LogP contribution in [0.15, 0.2) is 11.6 Å². The third-order valence-corrected chi connectivity index (χ3v) is 2.93. The minimum absolute atomic E-state index is 0.0154. The maximum atomic E-state index is 11.4. The molecule has 0 aliphatic heterocycles. The maximum absolute atomic E-state index is 11.4. The molecule has 0 aromatic carbocycles. The van der Waals surface area contributed by atoms with Crippen LogP contribution in [0.2, 0.25) is 0 Å². The van der Waals surface area contributed by atoms with E-state index in [-0.39, 0.29) is 12.2 Å². The number of carbonyl (C=O) groups excluding carboxylic acids is 2. The molecule has 104 valence electrons. The van der Waals surface area contributed by atoms with E-state index in [1.54, 1.807) is 0 Å². The fraction of sp³-hybridized carbons (Fsp3) is 0.733. The highest BCUT2D eigenvalue weighted by Gasteiger charge is 2.10. The van der Waals surface area contributed by atoms with E-state index >= 15 is 0 Å². The molecule has 1 atom stereocenters. The Labute approximate surface area is 111 Å². The number of hydrogen-bond acceptors (Lipinski definition) is 3. The topological polar surface area (TPSA) is 43.4 Å². The number of Topliss-reactive ketones (excluding diaryl/α,β-unsaturated/α-hetero) is 1. The van der Waals surface area contributed by atoms with Crippen molar-refractivity contribution in [2.45, 2.75) is 59.3 Å². The van der Waals surface area contributed by atoms with Crippen LogP contribution in [-0.2, 0) is 14.3 Å². The van der Waals surface area contributed by atoms with Gasteiger partial charge in [0.15, 0.2) is 0 Å². The average molecular weight is 254 g/mol. The molecule has 3 nitrogen and oxygen atoms in total. The van der Waals surface area contributed by atoms with Gasteiger partial charge in [0.1, 0.15) is 12.2 Å². The Morgan fingerprint density at radius 3 is 2.44 bits per heavy atom. The summed E-state index contributed by atoms with van der Waals surface area (Å²) in [6.07, 6.45) is 6.84. The van der Waals surface area contributed by atoms with Crippen LogP contribution in [0.4, 0.5) is 0 Å². The highest BCUT2D eigenvalue weighted by Crippen LogP contribution is 2.15. The van der Waals surface area contributed by atoms with Crippen molar-refractivity contribution in [2.24, 2.45) is 5.92 Å². The predicted molar refractivity (Wildman–Crippen MR) is 73.3 cm³/mol. The van der Waals surface area contributed by atoms with Gasteiger partial charge in [-0.3, -0.25) is 9.59 Å². The quantitative estimate of drug-likeness (QED) is 0.358. The number of esters is 1. The molecular formula is C15H26O3. The fourth-order valence-electron chi connectivity index (χ4n) is 1.77. The SMILES string of the molecule is COC(=O)CC(=O)CCCC(C)CCC=C(C)C. The number of ketones is 1. The number of allylic oxidation sites excluding steroid dienone is 2. The third kappa shape index (κ3) is 10.1. The second-order valence-electron chi connectivity index (χ2n) is 5.15. The predicted octanol–water partition coefficient (Wildman–Crippen LogP) is 3.67. The zero-order valence-electron chi connectivity index (χ0n) is 12.1. The lowest BCUT2D eigenvalue weighted by Gasteiger charge is -2.09. The van der Waals surface area contributed by atoms with Gasteiger partial charge >= 0.3 is 5.97 Å². The van der Waals surface area contributed by atoms with Crippen molar-refractivity contribution < 1.29 is 14.3 Å². The summed E-state index contributed by atoms with van der Waals surface area (Å²) in [5, 5.41) is 0. The van der Waals surface area contributed by atoms with E-state index in [2.05, 4.69) is 31.6 Å². The van der Waals surface area contributed by atoms with E-state index in [0.717, 1.165) is 25.7 Å². The first-order valence-electron chi connectivity index (χ1n) is 6.67. The summed E-state index contributed by atoms with van der Waals surface area (Å²) in [7, 11) is 1.31. The Balaban J connectivity index is 3.61. The molecule has 1 unspecified atom stereocenters. The lowest BCUT2D eigenvalue weighted by Crippen LogP contribution is -2.09. The zero-order valence-corrected chi connectivity index (χ0v) is 12.1. The van der Waals surface area contributed by atoms with Gasteiger partial charge in [0.25, 0.3) is 0 Å². The summed E-state index contributed by atoms with van der Waals surface area (Å²) < 4.78 is 4.46. The highest BCUT2D eigenvalue weighted by molar-refractivity contribution is 5.95. The van der Waals surface area contributed by atoms with Gasteiger partial charge in [-0.1, -0.05) is 25.0 Å². The summed E-state index contributed by atoms with van der Waals surface area (Å²) >= 11 is 0. The van der Waals surface area contributed by atoms with E-state index in [4.69, 9.17) is 0 Å². The number of ether oxygens (including phenoxy) is 1. The van der Waals surface area contributed by atoms with Crippen LogP contribution >= 0.6 is 0 Å². The summed E-state index contributed by atoms with van der Waals surface area (Å²) in [6.45, 7) is 6.43. The highest BCUT2D eigenvalue weighted by atomic mass is 16.5. The number of rotatable bonds is 9. The lowest BCUT2D eigenvalue weighted by molar-refractivity contribution is -0.143. The van der Waals surface area contributed by atoms with Gasteiger partial charge in [0.05, 0.1) is 7.11 Å². The Hall–Kier alpha value is -1.12. The van der Waals surface area contributed by atoms with Crippen molar-refractivity contribution in [3.63, 3.8) is 0 Å². The molecule has 0 aliphatic carbocycles. The van der Waals surface area contributed by atoms with Gasteiger partial charge in [-0.2, -0.15) is 0 Å². The Morgan fingerprint density at radius 1 is 1.22 bits per heavy atom. The van der Waals surface area contributed by atoms with Crippen molar-refractivity contribution in [1.82, 2.24) is 0 Å². The van der Waals surface area contributed by atoms with Crippen molar-refractivity contribution in [3.05, 3.63) is 11.6 Å². The minimum Gasteiger partial charge on any atom is -0.469 e. The van der Waals surface area contributed by atoms with Gasteiger partial charge in [0, 0.05) is 6.42 Å². The third-order valence-electron chi connectivity index (χ3n) is 2.93. The normalized spacial score (nSPS) is 11.8. The minimum atomic E-state index is -0.434. The van der Waals surface area contributed by atoms with Crippen LogP contribution in [0.25, 0.3) is 0 Å². The van der Waals surface area contributed by atoms with Crippen molar-refractivity contribution in [3.8, 4) is 0 Å². The van der Waals surface area contributed by atoms with E-state index in [1.807, 2.05) is 0 Å². The molecular weight excluding hydrogens is 228 g/mol. The van der Waals surface area contributed by atoms with Crippen LogP contribution < -0.4 is 0 Å². The summed E-state index contributed by atoms with van der Waals surface area (Å²) in [6, 6.07) is 0. The monoisotopic (exact) mass is 254 g/mol. The Kier molecular flexibility index (Phi) is 9.25. The van der Waals surface area contributed by atoms with Crippen molar-refractivity contribution in [1.29, 1.82) is 0 Å². The molecule has 0 aliphatic rings. The molecule has 0 N–H and O–H groups in total. The average Bonchev–Trinajstić information content (AvgIpc) is 2.28. The van der Waals surface area contributed by atoms with Crippen LogP contribution in [0.3, 0.4) is 0 Å². The Morgan fingerprint density at radius 2 is 1.89 bits per heavy atom. The smallest absolute Gasteiger partial charge is 0.313 e. The molecule has 0 aromatic rings. The van der Waals surface area contributed by atoms with Gasteiger partial charge < -0.3 is 4.74 Å². The molecule has 0 rings (SSSR count). The van der Waals surface area contributed by atoms with Crippen LogP contribution in [-0.4, -0.2) is 18.9 Å². The van der Waals surface area contributed by atoms with Crippen LogP contribution in [0, 0.1) is 5.92 Å². The van der Waals surface area contributed by atoms with E-state index < -0.39 is 5.97 Å². The second-order valence-corrected chi connectivity index (χ2v) is 5.15. The first kappa shape index (κ1) is 16.9. The van der Waals surface area contributed by atoms with E-state index in [1.165, 1.54) is 12.7 Å². The molecule has 0 spiro atoms.